The summed E-state index contributed by atoms with van der Waals surface area (Å²) < 4.78 is 2.48. The molecule has 2 heterocycles. The Morgan fingerprint density at radius 2 is 0.894 bits per heavy atom. The third kappa shape index (κ3) is 5.05. The summed E-state index contributed by atoms with van der Waals surface area (Å²) in [6, 6.07) is 57.5. The number of aromatic nitrogens is 3. The summed E-state index contributed by atoms with van der Waals surface area (Å²) in [6.45, 7) is 0. The van der Waals surface area contributed by atoms with Crippen LogP contribution in [0.4, 0.5) is 0 Å². The number of benzene rings is 7. The SMILES string of the molecule is c1ccc(-c2nc(-c3ccc(-c4ccc5ccccc5c4)cc3)nc(-c3cc(-c4ccccc4)c4c(c3)sc3ccccc34)n2)cc1. The minimum Gasteiger partial charge on any atom is -0.208 e. The van der Waals surface area contributed by atoms with E-state index in [0.29, 0.717) is 17.5 Å². The molecule has 4 heteroatoms. The summed E-state index contributed by atoms with van der Waals surface area (Å²) >= 11 is 1.81. The third-order valence-corrected chi connectivity index (χ3v) is 9.83. The van der Waals surface area contributed by atoms with E-state index in [0.717, 1.165) is 22.3 Å². The molecule has 0 bridgehead atoms. The second-order valence-corrected chi connectivity index (χ2v) is 12.8. The smallest absolute Gasteiger partial charge is 0.164 e. The van der Waals surface area contributed by atoms with Crippen LogP contribution < -0.4 is 0 Å². The highest BCUT2D eigenvalue weighted by Gasteiger charge is 2.17. The van der Waals surface area contributed by atoms with Crippen molar-refractivity contribution in [2.45, 2.75) is 0 Å². The molecule has 2 aromatic heterocycles. The van der Waals surface area contributed by atoms with Crippen LogP contribution in [0.1, 0.15) is 0 Å². The number of thiophene rings is 1. The molecular weight excluding hydrogens is 591 g/mol. The van der Waals surface area contributed by atoms with Crippen LogP contribution in [0.3, 0.4) is 0 Å². The van der Waals surface area contributed by atoms with Gasteiger partial charge in [-0.15, -0.1) is 11.3 Å². The molecule has 0 atom stereocenters. The van der Waals surface area contributed by atoms with Crippen molar-refractivity contribution in [1.29, 1.82) is 0 Å². The van der Waals surface area contributed by atoms with Crippen molar-refractivity contribution < 1.29 is 0 Å². The molecule has 47 heavy (non-hydrogen) atoms. The van der Waals surface area contributed by atoms with E-state index in [4.69, 9.17) is 15.0 Å². The van der Waals surface area contributed by atoms with Crippen LogP contribution in [-0.2, 0) is 0 Å². The first-order valence-corrected chi connectivity index (χ1v) is 16.5. The van der Waals surface area contributed by atoms with E-state index in [1.54, 1.807) is 0 Å². The van der Waals surface area contributed by atoms with Gasteiger partial charge < -0.3 is 0 Å². The number of rotatable bonds is 5. The normalized spacial score (nSPS) is 11.4. The molecule has 0 N–H and O–H groups in total. The van der Waals surface area contributed by atoms with Gasteiger partial charge in [0.15, 0.2) is 17.5 Å². The Hall–Kier alpha value is -5.97. The maximum atomic E-state index is 5.12. The van der Waals surface area contributed by atoms with Crippen molar-refractivity contribution >= 4 is 42.3 Å². The fraction of sp³-hybridized carbons (Fsp3) is 0. The highest BCUT2D eigenvalue weighted by molar-refractivity contribution is 7.26. The summed E-state index contributed by atoms with van der Waals surface area (Å²) in [5.41, 5.74) is 7.55. The van der Waals surface area contributed by atoms with Crippen LogP contribution in [0.5, 0.6) is 0 Å². The van der Waals surface area contributed by atoms with Gasteiger partial charge in [-0.3, -0.25) is 0 Å². The minimum atomic E-state index is 0.650. The Kier molecular flexibility index (Phi) is 6.65. The van der Waals surface area contributed by atoms with E-state index in [-0.39, 0.29) is 0 Å². The predicted molar refractivity (Wildman–Crippen MR) is 197 cm³/mol. The highest BCUT2D eigenvalue weighted by atomic mass is 32.1. The Morgan fingerprint density at radius 1 is 0.340 bits per heavy atom. The van der Waals surface area contributed by atoms with E-state index in [1.807, 2.05) is 29.5 Å². The zero-order chi connectivity index (χ0) is 31.2. The van der Waals surface area contributed by atoms with Gasteiger partial charge in [-0.2, -0.15) is 0 Å². The Bertz CT molecular complexity index is 2550. The first-order valence-electron chi connectivity index (χ1n) is 15.7. The van der Waals surface area contributed by atoms with Gasteiger partial charge in [-0.05, 0) is 57.3 Å². The standard InChI is InChI=1S/C43H27N3S/c1-3-12-30(13-4-1)37-26-35(27-39-40(37)36-17-9-10-18-38(36)47-39)43-45-41(31-14-5-2-6-15-31)44-42(46-43)32-22-19-29(20-23-32)34-24-21-28-11-7-8-16-33(28)25-34/h1-27H. The van der Waals surface area contributed by atoms with E-state index in [9.17, 15) is 0 Å². The fourth-order valence-corrected chi connectivity index (χ4v) is 7.53. The second kappa shape index (κ2) is 11.4. The predicted octanol–water partition coefficient (Wildman–Crippen LogP) is 11.7. The molecule has 0 radical (unpaired) electrons. The zero-order valence-electron chi connectivity index (χ0n) is 25.3. The molecule has 9 aromatic rings. The van der Waals surface area contributed by atoms with Gasteiger partial charge in [0.05, 0.1) is 0 Å². The van der Waals surface area contributed by atoms with E-state index < -0.39 is 0 Å². The van der Waals surface area contributed by atoms with Crippen LogP contribution in [0.15, 0.2) is 164 Å². The second-order valence-electron chi connectivity index (χ2n) is 11.7. The molecule has 0 unspecified atom stereocenters. The van der Waals surface area contributed by atoms with Crippen LogP contribution in [0.25, 0.3) is 87.4 Å². The lowest BCUT2D eigenvalue weighted by molar-refractivity contribution is 1.07. The van der Waals surface area contributed by atoms with Crippen molar-refractivity contribution in [3.63, 3.8) is 0 Å². The monoisotopic (exact) mass is 617 g/mol. The zero-order valence-corrected chi connectivity index (χ0v) is 26.2. The van der Waals surface area contributed by atoms with Gasteiger partial charge in [-0.1, -0.05) is 140 Å². The van der Waals surface area contributed by atoms with Crippen molar-refractivity contribution in [1.82, 2.24) is 15.0 Å². The third-order valence-electron chi connectivity index (χ3n) is 8.71. The molecule has 220 valence electrons. The molecule has 0 amide bonds. The van der Waals surface area contributed by atoms with Gasteiger partial charge >= 0.3 is 0 Å². The molecule has 7 aromatic carbocycles. The minimum absolute atomic E-state index is 0.650. The molecule has 0 aliphatic carbocycles. The lowest BCUT2D eigenvalue weighted by atomic mass is 9.97. The lowest BCUT2D eigenvalue weighted by Gasteiger charge is -2.11. The number of hydrogen-bond donors (Lipinski definition) is 0. The van der Waals surface area contributed by atoms with Crippen LogP contribution in [0, 0.1) is 0 Å². The number of hydrogen-bond acceptors (Lipinski definition) is 4. The molecule has 3 nitrogen and oxygen atoms in total. The molecule has 0 saturated heterocycles. The van der Waals surface area contributed by atoms with E-state index >= 15 is 0 Å². The first kappa shape index (κ1) is 27.3. The van der Waals surface area contributed by atoms with Crippen LogP contribution >= 0.6 is 11.3 Å². The van der Waals surface area contributed by atoms with Crippen LogP contribution in [-0.4, -0.2) is 15.0 Å². The molecule has 0 aliphatic heterocycles. The van der Waals surface area contributed by atoms with E-state index in [2.05, 4.69) is 146 Å². The van der Waals surface area contributed by atoms with Crippen molar-refractivity contribution in [2.75, 3.05) is 0 Å². The highest BCUT2D eigenvalue weighted by Crippen LogP contribution is 2.42. The number of fused-ring (bicyclic) bond motifs is 4. The number of nitrogens with zero attached hydrogens (tertiary/aromatic N) is 3. The van der Waals surface area contributed by atoms with Crippen molar-refractivity contribution in [3.05, 3.63) is 164 Å². The topological polar surface area (TPSA) is 38.7 Å². The van der Waals surface area contributed by atoms with Gasteiger partial charge in [0.25, 0.3) is 0 Å². The Balaban J connectivity index is 1.21. The first-order chi connectivity index (χ1) is 23.3. The quantitative estimate of drug-likeness (QED) is 0.193. The molecular formula is C43H27N3S. The summed E-state index contributed by atoms with van der Waals surface area (Å²) in [6.07, 6.45) is 0. The van der Waals surface area contributed by atoms with E-state index in [1.165, 1.54) is 47.6 Å². The summed E-state index contributed by atoms with van der Waals surface area (Å²) in [7, 11) is 0. The van der Waals surface area contributed by atoms with Gasteiger partial charge in [-0.25, -0.2) is 15.0 Å². The van der Waals surface area contributed by atoms with Gasteiger partial charge in [0, 0.05) is 36.9 Å². The molecule has 0 aliphatic rings. The summed E-state index contributed by atoms with van der Waals surface area (Å²) in [4.78, 5) is 15.2. The molecule has 9 rings (SSSR count). The largest absolute Gasteiger partial charge is 0.208 e. The van der Waals surface area contributed by atoms with Gasteiger partial charge in [0.1, 0.15) is 0 Å². The van der Waals surface area contributed by atoms with Gasteiger partial charge in [0.2, 0.25) is 0 Å². The maximum absolute atomic E-state index is 5.12. The van der Waals surface area contributed by atoms with Crippen LogP contribution in [0.2, 0.25) is 0 Å². The fourth-order valence-electron chi connectivity index (χ4n) is 6.36. The summed E-state index contributed by atoms with van der Waals surface area (Å²) in [5.74, 6) is 1.96. The average Bonchev–Trinajstić information content (AvgIpc) is 3.53. The lowest BCUT2D eigenvalue weighted by Crippen LogP contribution is -2.00. The Morgan fingerprint density at radius 3 is 1.64 bits per heavy atom. The maximum Gasteiger partial charge on any atom is 0.164 e. The molecule has 0 fully saturated rings. The molecule has 0 spiro atoms. The Labute approximate surface area is 276 Å². The summed E-state index contributed by atoms with van der Waals surface area (Å²) in [5, 5.41) is 5.01. The average molecular weight is 618 g/mol. The van der Waals surface area contributed by atoms with Crippen molar-refractivity contribution in [3.8, 4) is 56.4 Å². The van der Waals surface area contributed by atoms with Crippen molar-refractivity contribution in [2.24, 2.45) is 0 Å². The molecule has 0 saturated carbocycles.